The molecule has 1 aliphatic carbocycles. The Labute approximate surface area is 194 Å². The van der Waals surface area contributed by atoms with Crippen LogP contribution in [-0.2, 0) is 17.9 Å². The molecule has 174 valence electrons. The van der Waals surface area contributed by atoms with E-state index in [1.807, 2.05) is 30.3 Å². The first-order valence-electron chi connectivity index (χ1n) is 11.5. The molecule has 2 heterocycles. The van der Waals surface area contributed by atoms with Crippen LogP contribution in [0.3, 0.4) is 0 Å². The van der Waals surface area contributed by atoms with E-state index in [1.54, 1.807) is 14.0 Å². The number of carbonyl (C=O) groups is 3. The number of carbonyl (C=O) groups excluding carboxylic acids is 3. The SMILES string of the molecule is CN1C(=O)c2cc(C(=O)NCCC3=CCCCC3)nn2C[C@]1(C)C(=O)NCc1ccccc1. The van der Waals surface area contributed by atoms with Crippen LogP contribution >= 0.6 is 0 Å². The Bertz CT molecular complexity index is 1070. The van der Waals surface area contributed by atoms with Gasteiger partial charge in [0.25, 0.3) is 11.8 Å². The summed E-state index contributed by atoms with van der Waals surface area (Å²) in [6.07, 6.45) is 7.76. The van der Waals surface area contributed by atoms with E-state index >= 15 is 0 Å². The molecular formula is C25H31N5O3. The van der Waals surface area contributed by atoms with Crippen LogP contribution < -0.4 is 10.6 Å². The molecule has 0 radical (unpaired) electrons. The zero-order valence-corrected chi connectivity index (χ0v) is 19.3. The number of likely N-dealkylation sites (N-methyl/N-ethyl adjacent to an activating group) is 1. The number of nitrogens with zero attached hydrogens (tertiary/aromatic N) is 3. The molecule has 0 unspecified atom stereocenters. The molecule has 2 aromatic rings. The average Bonchev–Trinajstić information content (AvgIpc) is 3.26. The zero-order chi connectivity index (χ0) is 23.4. The van der Waals surface area contributed by atoms with Crippen LogP contribution in [0.4, 0.5) is 0 Å². The summed E-state index contributed by atoms with van der Waals surface area (Å²) in [5, 5.41) is 10.2. The number of rotatable bonds is 7. The van der Waals surface area contributed by atoms with Crippen molar-refractivity contribution in [1.82, 2.24) is 25.3 Å². The predicted octanol–water partition coefficient (Wildman–Crippen LogP) is 2.66. The van der Waals surface area contributed by atoms with Gasteiger partial charge in [0.1, 0.15) is 11.2 Å². The molecule has 8 heteroatoms. The number of fused-ring (bicyclic) bond motifs is 1. The lowest BCUT2D eigenvalue weighted by Crippen LogP contribution is -2.62. The van der Waals surface area contributed by atoms with E-state index in [2.05, 4.69) is 21.8 Å². The van der Waals surface area contributed by atoms with E-state index in [0.717, 1.165) is 24.8 Å². The Balaban J connectivity index is 1.41. The van der Waals surface area contributed by atoms with Crippen molar-refractivity contribution in [3.8, 4) is 0 Å². The summed E-state index contributed by atoms with van der Waals surface area (Å²) in [6.45, 7) is 2.80. The number of aromatic nitrogens is 2. The molecule has 1 atom stereocenters. The first-order valence-corrected chi connectivity index (χ1v) is 11.5. The lowest BCUT2D eigenvalue weighted by molar-refractivity contribution is -0.132. The van der Waals surface area contributed by atoms with Crippen molar-refractivity contribution < 1.29 is 14.4 Å². The highest BCUT2D eigenvalue weighted by Gasteiger charge is 2.46. The summed E-state index contributed by atoms with van der Waals surface area (Å²) in [5.74, 6) is -0.911. The van der Waals surface area contributed by atoms with Crippen molar-refractivity contribution in [2.24, 2.45) is 0 Å². The van der Waals surface area contributed by atoms with Crippen molar-refractivity contribution in [3.05, 3.63) is 65.0 Å². The van der Waals surface area contributed by atoms with Gasteiger partial charge in [-0.1, -0.05) is 42.0 Å². The summed E-state index contributed by atoms with van der Waals surface area (Å²) in [7, 11) is 1.61. The summed E-state index contributed by atoms with van der Waals surface area (Å²) in [5.41, 5.74) is 1.75. The van der Waals surface area contributed by atoms with E-state index in [0.29, 0.717) is 18.8 Å². The maximum absolute atomic E-state index is 13.1. The van der Waals surface area contributed by atoms with Crippen LogP contribution in [0, 0.1) is 0 Å². The van der Waals surface area contributed by atoms with Gasteiger partial charge in [-0.05, 0) is 44.6 Å². The number of amides is 3. The third kappa shape index (κ3) is 4.84. The smallest absolute Gasteiger partial charge is 0.272 e. The first-order chi connectivity index (χ1) is 15.9. The van der Waals surface area contributed by atoms with E-state index in [9.17, 15) is 14.4 Å². The molecular weight excluding hydrogens is 418 g/mol. The maximum Gasteiger partial charge on any atom is 0.272 e. The van der Waals surface area contributed by atoms with E-state index in [4.69, 9.17) is 0 Å². The van der Waals surface area contributed by atoms with Crippen LogP contribution in [0.15, 0.2) is 48.0 Å². The van der Waals surface area contributed by atoms with Gasteiger partial charge >= 0.3 is 0 Å². The second-order valence-corrected chi connectivity index (χ2v) is 8.99. The van der Waals surface area contributed by atoms with Crippen LogP contribution in [0.1, 0.15) is 65.6 Å². The zero-order valence-electron chi connectivity index (χ0n) is 19.3. The van der Waals surface area contributed by atoms with Gasteiger partial charge in [0, 0.05) is 26.2 Å². The highest BCUT2D eigenvalue weighted by Crippen LogP contribution is 2.26. The molecule has 2 aliphatic rings. The largest absolute Gasteiger partial charge is 0.350 e. The molecule has 4 rings (SSSR count). The van der Waals surface area contributed by atoms with Crippen LogP contribution in [0.5, 0.6) is 0 Å². The van der Waals surface area contributed by atoms with E-state index in [-0.39, 0.29) is 30.0 Å². The maximum atomic E-state index is 13.1. The van der Waals surface area contributed by atoms with Gasteiger partial charge in [-0.25, -0.2) is 0 Å². The summed E-state index contributed by atoms with van der Waals surface area (Å²) < 4.78 is 1.48. The van der Waals surface area contributed by atoms with Gasteiger partial charge in [-0.2, -0.15) is 5.10 Å². The topological polar surface area (TPSA) is 96.3 Å². The molecule has 33 heavy (non-hydrogen) atoms. The number of hydrogen-bond donors (Lipinski definition) is 2. The standard InChI is InChI=1S/C25H31N5O3/c1-25(24(33)27-16-19-11-7-4-8-12-19)17-30-21(23(32)29(25)2)15-20(28-30)22(31)26-14-13-18-9-5-3-6-10-18/h4,7-9,11-12,15H,3,5-6,10,13-14,16-17H2,1-2H3,(H,26,31)(H,27,33)/t25-/m1/s1. The summed E-state index contributed by atoms with van der Waals surface area (Å²) in [4.78, 5) is 40.1. The Morgan fingerprint density at radius 3 is 2.67 bits per heavy atom. The third-order valence-electron chi connectivity index (χ3n) is 6.64. The number of hydrogen-bond acceptors (Lipinski definition) is 4. The van der Waals surface area contributed by atoms with E-state index in [1.165, 1.54) is 34.1 Å². The quantitative estimate of drug-likeness (QED) is 0.635. The lowest BCUT2D eigenvalue weighted by Gasteiger charge is -2.40. The molecule has 0 saturated carbocycles. The highest BCUT2D eigenvalue weighted by atomic mass is 16.2. The molecule has 1 aliphatic heterocycles. The summed E-state index contributed by atoms with van der Waals surface area (Å²) in [6, 6.07) is 11.1. The molecule has 0 spiro atoms. The third-order valence-corrected chi connectivity index (χ3v) is 6.64. The fraction of sp³-hybridized carbons (Fsp3) is 0.440. The van der Waals surface area contributed by atoms with Crippen molar-refractivity contribution >= 4 is 17.7 Å². The Morgan fingerprint density at radius 1 is 1.15 bits per heavy atom. The minimum Gasteiger partial charge on any atom is -0.350 e. The van der Waals surface area contributed by atoms with Gasteiger partial charge < -0.3 is 15.5 Å². The Hall–Kier alpha value is -3.42. The number of allylic oxidation sites excluding steroid dienone is 1. The first kappa shape index (κ1) is 22.8. The van der Waals surface area contributed by atoms with Crippen LogP contribution in [-0.4, -0.2) is 51.5 Å². The Kier molecular flexibility index (Phi) is 6.62. The van der Waals surface area contributed by atoms with Gasteiger partial charge in [-0.3, -0.25) is 19.1 Å². The molecule has 2 N–H and O–H groups in total. The number of benzene rings is 1. The van der Waals surface area contributed by atoms with Gasteiger partial charge in [0.2, 0.25) is 5.91 Å². The Morgan fingerprint density at radius 2 is 1.94 bits per heavy atom. The predicted molar refractivity (Wildman–Crippen MR) is 125 cm³/mol. The van der Waals surface area contributed by atoms with Crippen molar-refractivity contribution in [1.29, 1.82) is 0 Å². The monoisotopic (exact) mass is 449 g/mol. The molecule has 0 bridgehead atoms. The number of nitrogens with one attached hydrogen (secondary N) is 2. The minimum absolute atomic E-state index is 0.172. The van der Waals surface area contributed by atoms with Crippen LogP contribution in [0.25, 0.3) is 0 Å². The second-order valence-electron chi connectivity index (χ2n) is 8.99. The molecule has 1 aromatic heterocycles. The van der Waals surface area contributed by atoms with Crippen LogP contribution in [0.2, 0.25) is 0 Å². The van der Waals surface area contributed by atoms with E-state index < -0.39 is 5.54 Å². The second kappa shape index (κ2) is 9.60. The molecule has 1 aromatic carbocycles. The summed E-state index contributed by atoms with van der Waals surface area (Å²) >= 11 is 0. The molecule has 3 amide bonds. The van der Waals surface area contributed by atoms with Crippen molar-refractivity contribution in [2.45, 2.75) is 57.7 Å². The lowest BCUT2D eigenvalue weighted by atomic mass is 9.96. The average molecular weight is 450 g/mol. The highest BCUT2D eigenvalue weighted by molar-refractivity contribution is 6.01. The van der Waals surface area contributed by atoms with Gasteiger partial charge in [0.15, 0.2) is 5.69 Å². The normalized spacial score (nSPS) is 20.1. The fourth-order valence-corrected chi connectivity index (χ4v) is 4.37. The van der Waals surface area contributed by atoms with Crippen molar-refractivity contribution in [3.63, 3.8) is 0 Å². The molecule has 0 fully saturated rings. The van der Waals surface area contributed by atoms with Crippen molar-refractivity contribution in [2.75, 3.05) is 13.6 Å². The molecule has 0 saturated heterocycles. The van der Waals surface area contributed by atoms with Gasteiger partial charge in [-0.15, -0.1) is 0 Å². The van der Waals surface area contributed by atoms with Gasteiger partial charge in [0.05, 0.1) is 6.54 Å². The minimum atomic E-state index is -1.12. The fourth-order valence-electron chi connectivity index (χ4n) is 4.37. The molecule has 8 nitrogen and oxygen atoms in total.